The minimum absolute atomic E-state index is 0.173. The first-order valence-electron chi connectivity index (χ1n) is 7.55. The second-order valence-electron chi connectivity index (χ2n) is 5.09. The minimum atomic E-state index is -0.613. The number of rotatable bonds is 8. The predicted octanol–water partition coefficient (Wildman–Crippen LogP) is 4.27. The Morgan fingerprint density at radius 1 is 1.17 bits per heavy atom. The second kappa shape index (κ2) is 9.52. The van der Waals surface area contributed by atoms with Crippen molar-refractivity contribution >= 4 is 29.1 Å². The van der Waals surface area contributed by atoms with Crippen LogP contribution in [0.2, 0.25) is 10.0 Å². The van der Waals surface area contributed by atoms with Gasteiger partial charge in [-0.1, -0.05) is 53.5 Å². The summed E-state index contributed by atoms with van der Waals surface area (Å²) in [6.07, 6.45) is 0.0356. The van der Waals surface area contributed by atoms with Gasteiger partial charge in [-0.3, -0.25) is 4.79 Å². The Balaban J connectivity index is 1.74. The van der Waals surface area contributed by atoms with Crippen LogP contribution in [0.3, 0.4) is 0 Å². The molecule has 0 bridgehead atoms. The molecule has 6 heteroatoms. The van der Waals surface area contributed by atoms with Crippen molar-refractivity contribution in [1.82, 2.24) is 5.32 Å². The lowest BCUT2D eigenvalue weighted by Gasteiger charge is -2.15. The SMILES string of the molecule is COC(C(=O)NCCCOc1ccc(Cl)cc1Cl)c1ccccc1. The molecule has 0 fully saturated rings. The van der Waals surface area contributed by atoms with E-state index < -0.39 is 6.10 Å². The molecule has 4 nitrogen and oxygen atoms in total. The van der Waals surface area contributed by atoms with E-state index in [1.807, 2.05) is 30.3 Å². The number of nitrogens with one attached hydrogen (secondary N) is 1. The molecule has 2 aromatic carbocycles. The van der Waals surface area contributed by atoms with E-state index in [-0.39, 0.29) is 5.91 Å². The monoisotopic (exact) mass is 367 g/mol. The normalized spacial score (nSPS) is 11.8. The Hall–Kier alpha value is -1.75. The van der Waals surface area contributed by atoms with Crippen molar-refractivity contribution in [2.75, 3.05) is 20.3 Å². The number of hydrogen-bond acceptors (Lipinski definition) is 3. The molecular weight excluding hydrogens is 349 g/mol. The molecule has 0 radical (unpaired) electrons. The molecule has 1 amide bonds. The third kappa shape index (κ3) is 5.41. The van der Waals surface area contributed by atoms with Crippen LogP contribution in [0.5, 0.6) is 5.75 Å². The summed E-state index contributed by atoms with van der Waals surface area (Å²) in [5.41, 5.74) is 0.821. The van der Waals surface area contributed by atoms with E-state index in [1.165, 1.54) is 7.11 Å². The van der Waals surface area contributed by atoms with Gasteiger partial charge in [0.15, 0.2) is 6.10 Å². The van der Waals surface area contributed by atoms with Gasteiger partial charge in [0.05, 0.1) is 11.6 Å². The second-order valence-corrected chi connectivity index (χ2v) is 5.94. The molecule has 0 saturated heterocycles. The molecule has 0 aliphatic heterocycles. The average Bonchev–Trinajstić information content (AvgIpc) is 2.58. The van der Waals surface area contributed by atoms with E-state index in [0.29, 0.717) is 35.4 Å². The summed E-state index contributed by atoms with van der Waals surface area (Å²) in [5.74, 6) is 0.402. The highest BCUT2D eigenvalue weighted by molar-refractivity contribution is 6.35. The van der Waals surface area contributed by atoms with Gasteiger partial charge in [-0.15, -0.1) is 0 Å². The smallest absolute Gasteiger partial charge is 0.253 e. The van der Waals surface area contributed by atoms with Crippen molar-refractivity contribution in [1.29, 1.82) is 0 Å². The zero-order valence-corrected chi connectivity index (χ0v) is 14.8. The maximum Gasteiger partial charge on any atom is 0.253 e. The molecule has 1 atom stereocenters. The first-order valence-corrected chi connectivity index (χ1v) is 8.30. The third-order valence-corrected chi connectivity index (χ3v) is 3.88. The Morgan fingerprint density at radius 2 is 1.92 bits per heavy atom. The number of carbonyl (C=O) groups is 1. The molecule has 0 aliphatic rings. The highest BCUT2D eigenvalue weighted by atomic mass is 35.5. The van der Waals surface area contributed by atoms with Crippen LogP contribution in [-0.2, 0) is 9.53 Å². The van der Waals surface area contributed by atoms with Crippen molar-refractivity contribution in [3.63, 3.8) is 0 Å². The summed E-state index contributed by atoms with van der Waals surface area (Å²) in [6.45, 7) is 0.918. The van der Waals surface area contributed by atoms with Crippen LogP contribution in [-0.4, -0.2) is 26.2 Å². The number of amides is 1. The molecule has 128 valence electrons. The number of hydrogen-bond donors (Lipinski definition) is 1. The van der Waals surface area contributed by atoms with Gasteiger partial charge in [0.2, 0.25) is 0 Å². The molecule has 1 N–H and O–H groups in total. The number of carbonyl (C=O) groups excluding carboxylic acids is 1. The molecule has 2 aromatic rings. The lowest BCUT2D eigenvalue weighted by atomic mass is 10.1. The fraction of sp³-hybridized carbons (Fsp3) is 0.278. The molecular formula is C18H19Cl2NO3. The van der Waals surface area contributed by atoms with Gasteiger partial charge in [-0.25, -0.2) is 0 Å². The predicted molar refractivity (Wildman–Crippen MR) is 95.8 cm³/mol. The van der Waals surface area contributed by atoms with E-state index in [0.717, 1.165) is 5.56 Å². The van der Waals surface area contributed by atoms with Gasteiger partial charge in [-0.05, 0) is 30.2 Å². The van der Waals surface area contributed by atoms with Crippen LogP contribution < -0.4 is 10.1 Å². The quantitative estimate of drug-likeness (QED) is 0.708. The molecule has 0 spiro atoms. The Bertz CT molecular complexity index is 665. The maximum absolute atomic E-state index is 12.2. The summed E-state index contributed by atoms with van der Waals surface area (Å²) in [6, 6.07) is 14.4. The molecule has 0 aliphatic carbocycles. The highest BCUT2D eigenvalue weighted by Crippen LogP contribution is 2.27. The van der Waals surface area contributed by atoms with E-state index in [2.05, 4.69) is 5.32 Å². The van der Waals surface area contributed by atoms with Crippen molar-refractivity contribution in [3.05, 3.63) is 64.1 Å². The van der Waals surface area contributed by atoms with Crippen molar-refractivity contribution in [3.8, 4) is 5.75 Å². The number of ether oxygens (including phenoxy) is 2. The standard InChI is InChI=1S/C18H19Cl2NO3/c1-23-17(13-6-3-2-4-7-13)18(22)21-10-5-11-24-16-9-8-14(19)12-15(16)20/h2-4,6-9,12,17H,5,10-11H2,1H3,(H,21,22). The first kappa shape index (κ1) is 18.6. The number of benzene rings is 2. The van der Waals surface area contributed by atoms with E-state index in [9.17, 15) is 4.79 Å². The van der Waals surface area contributed by atoms with Crippen molar-refractivity contribution in [2.45, 2.75) is 12.5 Å². The average molecular weight is 368 g/mol. The Kier molecular flexibility index (Phi) is 7.37. The summed E-state index contributed by atoms with van der Waals surface area (Å²) in [4.78, 5) is 12.2. The minimum Gasteiger partial charge on any atom is -0.492 e. The molecule has 2 rings (SSSR count). The van der Waals surface area contributed by atoms with Gasteiger partial charge in [0, 0.05) is 18.7 Å². The van der Waals surface area contributed by atoms with Crippen LogP contribution in [0.4, 0.5) is 0 Å². The van der Waals surface area contributed by atoms with Gasteiger partial charge in [0.25, 0.3) is 5.91 Å². The fourth-order valence-corrected chi connectivity index (χ4v) is 2.64. The lowest BCUT2D eigenvalue weighted by Crippen LogP contribution is -2.31. The van der Waals surface area contributed by atoms with Gasteiger partial charge in [0.1, 0.15) is 5.75 Å². The summed E-state index contributed by atoms with van der Waals surface area (Å²) >= 11 is 11.9. The van der Waals surface area contributed by atoms with Gasteiger partial charge >= 0.3 is 0 Å². The fourth-order valence-electron chi connectivity index (χ4n) is 2.17. The van der Waals surface area contributed by atoms with Crippen molar-refractivity contribution in [2.24, 2.45) is 0 Å². The highest BCUT2D eigenvalue weighted by Gasteiger charge is 2.18. The van der Waals surface area contributed by atoms with E-state index >= 15 is 0 Å². The van der Waals surface area contributed by atoms with Crippen LogP contribution in [0.25, 0.3) is 0 Å². The van der Waals surface area contributed by atoms with Crippen molar-refractivity contribution < 1.29 is 14.3 Å². The largest absolute Gasteiger partial charge is 0.492 e. The zero-order valence-electron chi connectivity index (χ0n) is 13.3. The summed E-state index contributed by atoms with van der Waals surface area (Å²) in [7, 11) is 1.52. The number of methoxy groups -OCH3 is 1. The first-order chi connectivity index (χ1) is 11.6. The maximum atomic E-state index is 12.2. The number of halogens is 2. The van der Waals surface area contributed by atoms with Gasteiger partial charge < -0.3 is 14.8 Å². The third-order valence-electron chi connectivity index (χ3n) is 3.35. The zero-order chi connectivity index (χ0) is 17.4. The molecule has 0 aromatic heterocycles. The summed E-state index contributed by atoms with van der Waals surface area (Å²) < 4.78 is 10.9. The van der Waals surface area contributed by atoms with Crippen LogP contribution >= 0.6 is 23.2 Å². The van der Waals surface area contributed by atoms with Crippen LogP contribution in [0, 0.1) is 0 Å². The topological polar surface area (TPSA) is 47.6 Å². The summed E-state index contributed by atoms with van der Waals surface area (Å²) in [5, 5.41) is 3.87. The van der Waals surface area contributed by atoms with Crippen LogP contribution in [0.1, 0.15) is 18.1 Å². The van der Waals surface area contributed by atoms with E-state index in [1.54, 1.807) is 18.2 Å². The molecule has 24 heavy (non-hydrogen) atoms. The van der Waals surface area contributed by atoms with Crippen LogP contribution in [0.15, 0.2) is 48.5 Å². The van der Waals surface area contributed by atoms with Gasteiger partial charge in [-0.2, -0.15) is 0 Å². The van der Waals surface area contributed by atoms with E-state index in [4.69, 9.17) is 32.7 Å². The molecule has 1 unspecified atom stereocenters. The lowest BCUT2D eigenvalue weighted by molar-refractivity contribution is -0.131. The Labute approximate surface area is 151 Å². The molecule has 0 heterocycles. The Morgan fingerprint density at radius 3 is 2.58 bits per heavy atom. The molecule has 0 saturated carbocycles.